The molecule has 0 saturated heterocycles. The van der Waals surface area contributed by atoms with Gasteiger partial charge in [-0.25, -0.2) is 0 Å². The molecular weight excluding hydrogens is 172 g/mol. The van der Waals surface area contributed by atoms with Crippen molar-refractivity contribution in [3.8, 4) is 0 Å². The highest BCUT2D eigenvalue weighted by Gasteiger charge is 2.11. The van der Waals surface area contributed by atoms with Crippen LogP contribution in [0.5, 0.6) is 0 Å². The first-order valence-electron chi connectivity index (χ1n) is 4.28. The number of carbonyl (C=O) groups is 2. The van der Waals surface area contributed by atoms with Gasteiger partial charge in [-0.2, -0.15) is 0 Å². The molecule has 0 aliphatic carbocycles. The molecule has 5 heteroatoms. The molecule has 0 aromatic heterocycles. The number of hydrogen-bond donors (Lipinski definition) is 3. The average Bonchev–Trinajstić information content (AvgIpc) is 2.10. The summed E-state index contributed by atoms with van der Waals surface area (Å²) in [4.78, 5) is 21.1. The molecule has 76 valence electrons. The van der Waals surface area contributed by atoms with Crippen LogP contribution >= 0.6 is 0 Å². The average molecular weight is 188 g/mol. The number of aliphatic carboxylic acids is 1. The van der Waals surface area contributed by atoms with Crippen molar-refractivity contribution in [2.24, 2.45) is 11.7 Å². The van der Waals surface area contributed by atoms with Gasteiger partial charge in [0.15, 0.2) is 0 Å². The second-order valence-corrected chi connectivity index (χ2v) is 2.88. The van der Waals surface area contributed by atoms with Crippen molar-refractivity contribution in [2.75, 3.05) is 13.1 Å². The molecule has 0 aromatic rings. The largest absolute Gasteiger partial charge is 0.481 e. The van der Waals surface area contributed by atoms with Crippen molar-refractivity contribution in [1.82, 2.24) is 5.32 Å². The van der Waals surface area contributed by atoms with Crippen LogP contribution in [0.25, 0.3) is 0 Å². The van der Waals surface area contributed by atoms with Gasteiger partial charge in [0, 0.05) is 13.0 Å². The molecule has 0 heterocycles. The number of nitrogens with two attached hydrogens (primary N) is 1. The Kier molecular flexibility index (Phi) is 5.88. The maximum atomic E-state index is 10.7. The summed E-state index contributed by atoms with van der Waals surface area (Å²) in [6, 6.07) is 0. The lowest BCUT2D eigenvalue weighted by Crippen LogP contribution is -2.34. The number of rotatable bonds is 6. The Balaban J connectivity index is 3.71. The van der Waals surface area contributed by atoms with Crippen molar-refractivity contribution in [3.05, 3.63) is 0 Å². The first-order chi connectivity index (χ1) is 6.10. The molecule has 13 heavy (non-hydrogen) atoms. The Morgan fingerprint density at radius 3 is 2.54 bits per heavy atom. The maximum Gasteiger partial charge on any atom is 0.303 e. The molecule has 0 spiro atoms. The predicted molar refractivity (Wildman–Crippen MR) is 48.1 cm³/mol. The van der Waals surface area contributed by atoms with Gasteiger partial charge >= 0.3 is 5.97 Å². The lowest BCUT2D eigenvalue weighted by molar-refractivity contribution is -0.138. The van der Waals surface area contributed by atoms with Gasteiger partial charge < -0.3 is 16.2 Å². The molecule has 0 aliphatic heterocycles. The van der Waals surface area contributed by atoms with Crippen LogP contribution in [-0.2, 0) is 9.59 Å². The molecule has 1 atom stereocenters. The summed E-state index contributed by atoms with van der Waals surface area (Å²) in [5, 5.41) is 11.1. The Bertz CT molecular complexity index is 182. The van der Waals surface area contributed by atoms with E-state index in [1.165, 1.54) is 0 Å². The molecular formula is C8H16N2O3. The van der Waals surface area contributed by atoms with Crippen LogP contribution in [0.1, 0.15) is 19.8 Å². The van der Waals surface area contributed by atoms with Crippen molar-refractivity contribution in [3.63, 3.8) is 0 Å². The third-order valence-electron chi connectivity index (χ3n) is 1.81. The number of carboxylic acid groups (broad SMARTS) is 1. The molecule has 0 saturated carbocycles. The summed E-state index contributed by atoms with van der Waals surface area (Å²) in [6.45, 7) is 2.23. The van der Waals surface area contributed by atoms with Crippen molar-refractivity contribution >= 4 is 11.9 Å². The van der Waals surface area contributed by atoms with Gasteiger partial charge in [0.1, 0.15) is 0 Å². The lowest BCUT2D eigenvalue weighted by Gasteiger charge is -2.12. The second-order valence-electron chi connectivity index (χ2n) is 2.88. The highest BCUT2D eigenvalue weighted by atomic mass is 16.4. The fraction of sp³-hybridized carbons (Fsp3) is 0.750. The summed E-state index contributed by atoms with van der Waals surface area (Å²) in [6.07, 6.45) is 0.818. The Morgan fingerprint density at radius 2 is 2.15 bits per heavy atom. The normalized spacial score (nSPS) is 12.2. The van der Waals surface area contributed by atoms with Crippen LogP contribution in [0.3, 0.4) is 0 Å². The Morgan fingerprint density at radius 1 is 1.54 bits per heavy atom. The monoisotopic (exact) mass is 188 g/mol. The van der Waals surface area contributed by atoms with Crippen LogP contribution in [0.4, 0.5) is 0 Å². The van der Waals surface area contributed by atoms with Crippen molar-refractivity contribution in [1.29, 1.82) is 0 Å². The lowest BCUT2D eigenvalue weighted by atomic mass is 10.0. The van der Waals surface area contributed by atoms with E-state index in [1.807, 2.05) is 6.92 Å². The van der Waals surface area contributed by atoms with E-state index in [0.717, 1.165) is 6.42 Å². The number of carboxylic acids is 1. The molecule has 1 unspecified atom stereocenters. The fourth-order valence-corrected chi connectivity index (χ4v) is 0.938. The number of hydrogen-bond acceptors (Lipinski definition) is 3. The molecule has 0 fully saturated rings. The van der Waals surface area contributed by atoms with E-state index in [9.17, 15) is 9.59 Å². The van der Waals surface area contributed by atoms with Crippen LogP contribution < -0.4 is 11.1 Å². The van der Waals surface area contributed by atoms with Gasteiger partial charge in [-0.05, 0) is 5.92 Å². The van der Waals surface area contributed by atoms with Gasteiger partial charge in [0.25, 0.3) is 0 Å². The van der Waals surface area contributed by atoms with Gasteiger partial charge in [0.05, 0.1) is 6.54 Å². The van der Waals surface area contributed by atoms with Crippen LogP contribution in [0, 0.1) is 5.92 Å². The van der Waals surface area contributed by atoms with Crippen molar-refractivity contribution < 1.29 is 14.7 Å². The summed E-state index contributed by atoms with van der Waals surface area (Å²) in [5.41, 5.74) is 5.07. The first kappa shape index (κ1) is 11.9. The maximum absolute atomic E-state index is 10.7. The van der Waals surface area contributed by atoms with Crippen molar-refractivity contribution in [2.45, 2.75) is 19.8 Å². The highest BCUT2D eigenvalue weighted by molar-refractivity contribution is 5.77. The Hall–Kier alpha value is -1.10. The van der Waals surface area contributed by atoms with E-state index < -0.39 is 5.97 Å². The fourth-order valence-electron chi connectivity index (χ4n) is 0.938. The minimum Gasteiger partial charge on any atom is -0.481 e. The minimum atomic E-state index is -0.839. The van der Waals surface area contributed by atoms with E-state index in [-0.39, 0.29) is 24.8 Å². The Labute approximate surface area is 77.3 Å². The van der Waals surface area contributed by atoms with Gasteiger partial charge in [-0.15, -0.1) is 0 Å². The topological polar surface area (TPSA) is 92.4 Å². The zero-order chi connectivity index (χ0) is 10.3. The van der Waals surface area contributed by atoms with Gasteiger partial charge in [-0.1, -0.05) is 13.3 Å². The van der Waals surface area contributed by atoms with E-state index in [1.54, 1.807) is 0 Å². The third-order valence-corrected chi connectivity index (χ3v) is 1.81. The van der Waals surface area contributed by atoms with Crippen LogP contribution in [-0.4, -0.2) is 30.1 Å². The quantitative estimate of drug-likeness (QED) is 0.527. The number of amides is 1. The molecule has 0 aliphatic rings. The summed E-state index contributed by atoms with van der Waals surface area (Å²) in [7, 11) is 0. The third kappa shape index (κ3) is 6.10. The first-order valence-corrected chi connectivity index (χ1v) is 4.28. The van der Waals surface area contributed by atoms with Gasteiger partial charge in [-0.3, -0.25) is 9.59 Å². The standard InChI is InChI=1S/C8H16N2O3/c1-2-6(3-8(12)13)5-10-7(11)4-9/h6H,2-5,9H2,1H3,(H,10,11)(H,12,13). The molecule has 1 amide bonds. The van der Waals surface area contributed by atoms with Gasteiger partial charge in [0.2, 0.25) is 5.91 Å². The molecule has 0 rings (SSSR count). The smallest absolute Gasteiger partial charge is 0.303 e. The number of carbonyl (C=O) groups excluding carboxylic acids is 1. The molecule has 0 radical (unpaired) electrons. The zero-order valence-corrected chi connectivity index (χ0v) is 7.75. The summed E-state index contributed by atoms with van der Waals surface area (Å²) < 4.78 is 0. The van der Waals surface area contributed by atoms with E-state index in [0.29, 0.717) is 6.54 Å². The summed E-state index contributed by atoms with van der Waals surface area (Å²) in [5.74, 6) is -1.09. The van der Waals surface area contributed by atoms with Crippen LogP contribution in [0.15, 0.2) is 0 Å². The van der Waals surface area contributed by atoms with E-state index in [2.05, 4.69) is 5.32 Å². The second kappa shape index (κ2) is 6.42. The molecule has 0 aromatic carbocycles. The minimum absolute atomic E-state index is 0.00648. The molecule has 0 bridgehead atoms. The SMILES string of the molecule is CCC(CNC(=O)CN)CC(=O)O. The van der Waals surface area contributed by atoms with E-state index >= 15 is 0 Å². The molecule has 5 nitrogen and oxygen atoms in total. The zero-order valence-electron chi connectivity index (χ0n) is 7.75. The highest BCUT2D eigenvalue weighted by Crippen LogP contribution is 2.05. The predicted octanol–water partition coefficient (Wildman–Crippen LogP) is -0.438. The molecule has 4 N–H and O–H groups in total. The van der Waals surface area contributed by atoms with Crippen LogP contribution in [0.2, 0.25) is 0 Å². The summed E-state index contributed by atoms with van der Waals surface area (Å²) >= 11 is 0. The number of nitrogens with one attached hydrogen (secondary N) is 1. The van der Waals surface area contributed by atoms with E-state index in [4.69, 9.17) is 10.8 Å².